The Morgan fingerprint density at radius 3 is 2.85 bits per heavy atom. The van der Waals surface area contributed by atoms with Gasteiger partial charge in [-0.15, -0.1) is 11.3 Å². The van der Waals surface area contributed by atoms with E-state index in [1.54, 1.807) is 36.1 Å². The van der Waals surface area contributed by atoms with Crippen molar-refractivity contribution in [3.05, 3.63) is 45.8 Å². The second-order valence-corrected chi connectivity index (χ2v) is 7.33. The van der Waals surface area contributed by atoms with E-state index in [4.69, 9.17) is 4.74 Å². The Labute approximate surface area is 154 Å². The van der Waals surface area contributed by atoms with Gasteiger partial charge in [0, 0.05) is 11.4 Å². The van der Waals surface area contributed by atoms with Crippen LogP contribution in [-0.4, -0.2) is 35.2 Å². The lowest BCUT2D eigenvalue weighted by molar-refractivity contribution is 0.0934. The number of anilines is 1. The van der Waals surface area contributed by atoms with E-state index in [1.165, 1.54) is 11.3 Å². The van der Waals surface area contributed by atoms with Crippen molar-refractivity contribution >= 4 is 28.3 Å². The van der Waals surface area contributed by atoms with Crippen molar-refractivity contribution < 1.29 is 19.4 Å². The van der Waals surface area contributed by atoms with Gasteiger partial charge in [0.1, 0.15) is 16.9 Å². The number of thiophene rings is 1. The second kappa shape index (κ2) is 6.53. The van der Waals surface area contributed by atoms with Crippen LogP contribution in [0.1, 0.15) is 39.5 Å². The van der Waals surface area contributed by atoms with Crippen molar-refractivity contribution in [3.8, 4) is 5.75 Å². The molecule has 0 unspecified atom stereocenters. The quantitative estimate of drug-likeness (QED) is 0.753. The molecule has 2 aromatic rings. The van der Waals surface area contributed by atoms with Gasteiger partial charge in [0.15, 0.2) is 0 Å². The van der Waals surface area contributed by atoms with E-state index >= 15 is 0 Å². The van der Waals surface area contributed by atoms with E-state index in [0.29, 0.717) is 31.7 Å². The molecule has 4 rings (SSSR count). The Kier molecular flexibility index (Phi) is 4.20. The maximum absolute atomic E-state index is 12.7. The van der Waals surface area contributed by atoms with Crippen LogP contribution in [0.4, 0.5) is 9.80 Å². The van der Waals surface area contributed by atoms with Crippen LogP contribution in [0.25, 0.3) is 0 Å². The number of ether oxygens (including phenoxy) is 1. The summed E-state index contributed by atoms with van der Waals surface area (Å²) in [5.74, 6) is 0.0705. The summed E-state index contributed by atoms with van der Waals surface area (Å²) in [7, 11) is 0. The molecule has 26 heavy (non-hydrogen) atoms. The topological polar surface area (TPSA) is 90.9 Å². The first-order valence-electron chi connectivity index (χ1n) is 8.49. The highest BCUT2D eigenvalue weighted by atomic mass is 32.1. The van der Waals surface area contributed by atoms with Gasteiger partial charge in [0.2, 0.25) is 0 Å². The van der Waals surface area contributed by atoms with Crippen LogP contribution < -0.4 is 10.6 Å². The molecule has 1 aromatic heterocycles. The van der Waals surface area contributed by atoms with Crippen molar-refractivity contribution in [2.24, 2.45) is 0 Å². The minimum Gasteiger partial charge on any atom is -0.508 e. The zero-order valence-corrected chi connectivity index (χ0v) is 15.1. The molecule has 2 aliphatic heterocycles. The Bertz CT molecular complexity index is 862. The summed E-state index contributed by atoms with van der Waals surface area (Å²) in [4.78, 5) is 27.3. The van der Waals surface area contributed by atoms with Gasteiger partial charge in [-0.25, -0.2) is 4.79 Å². The van der Waals surface area contributed by atoms with Gasteiger partial charge in [-0.2, -0.15) is 0 Å². The lowest BCUT2D eigenvalue weighted by Crippen LogP contribution is -2.39. The molecule has 0 spiro atoms. The van der Waals surface area contributed by atoms with Crippen molar-refractivity contribution in [2.45, 2.75) is 26.1 Å². The summed E-state index contributed by atoms with van der Waals surface area (Å²) >= 11 is 1.51. The van der Waals surface area contributed by atoms with Crippen molar-refractivity contribution in [2.75, 3.05) is 18.5 Å². The lowest BCUT2D eigenvalue weighted by Gasteiger charge is -2.28. The molecular weight excluding hydrogens is 354 g/mol. The Morgan fingerprint density at radius 1 is 1.35 bits per heavy atom. The van der Waals surface area contributed by atoms with Crippen LogP contribution >= 0.6 is 11.3 Å². The monoisotopic (exact) mass is 373 g/mol. The van der Waals surface area contributed by atoms with Gasteiger partial charge < -0.3 is 25.4 Å². The maximum atomic E-state index is 12.7. The first-order chi connectivity index (χ1) is 12.6. The number of hydrogen-bond donors (Lipinski definition) is 3. The first kappa shape index (κ1) is 16.7. The molecule has 8 heteroatoms. The highest BCUT2D eigenvalue weighted by molar-refractivity contribution is 7.16. The Hall–Kier alpha value is -2.74. The van der Waals surface area contributed by atoms with Crippen LogP contribution in [0.15, 0.2) is 24.3 Å². The van der Waals surface area contributed by atoms with Gasteiger partial charge in [0.05, 0.1) is 18.7 Å². The molecule has 0 radical (unpaired) electrons. The minimum absolute atomic E-state index is 0.112. The predicted molar refractivity (Wildman–Crippen MR) is 97.4 cm³/mol. The van der Waals surface area contributed by atoms with Gasteiger partial charge in [0.25, 0.3) is 5.91 Å². The normalized spacial score (nSPS) is 18.4. The molecule has 0 fully saturated rings. The number of hydrogen-bond acceptors (Lipinski definition) is 6. The van der Waals surface area contributed by atoms with E-state index in [1.807, 2.05) is 0 Å². The molecule has 1 aromatic carbocycles. The minimum atomic E-state index is -0.350. The molecule has 136 valence electrons. The third kappa shape index (κ3) is 2.86. The van der Waals surface area contributed by atoms with Crippen LogP contribution in [0.2, 0.25) is 0 Å². The first-order valence-corrected chi connectivity index (χ1v) is 9.31. The van der Waals surface area contributed by atoms with E-state index in [-0.39, 0.29) is 23.9 Å². The SMILES string of the molecule is CCOC(=O)N1CCc2c(sc3c2C(=O)N[C@@H](c2ccc(O)cc2)N3)C1. The Morgan fingerprint density at radius 2 is 2.12 bits per heavy atom. The highest BCUT2D eigenvalue weighted by Crippen LogP contribution is 2.40. The number of aromatic hydroxyl groups is 1. The number of carbonyl (C=O) groups is 2. The number of benzene rings is 1. The number of phenolic OH excluding ortho intramolecular Hbond substituents is 1. The van der Waals surface area contributed by atoms with Crippen molar-refractivity contribution in [3.63, 3.8) is 0 Å². The van der Waals surface area contributed by atoms with Crippen molar-refractivity contribution in [1.29, 1.82) is 0 Å². The molecular formula is C18H19N3O4S. The number of phenols is 1. The van der Waals surface area contributed by atoms with Crippen LogP contribution in [0.3, 0.4) is 0 Å². The van der Waals surface area contributed by atoms with Crippen molar-refractivity contribution in [1.82, 2.24) is 10.2 Å². The molecule has 2 aliphatic rings. The maximum Gasteiger partial charge on any atom is 0.410 e. The van der Waals surface area contributed by atoms with Crippen LogP contribution in [-0.2, 0) is 17.7 Å². The number of carbonyl (C=O) groups excluding carboxylic acids is 2. The molecule has 3 N–H and O–H groups in total. The third-order valence-electron chi connectivity index (χ3n) is 4.59. The summed E-state index contributed by atoms with van der Waals surface area (Å²) in [6.45, 7) is 3.14. The molecule has 7 nitrogen and oxygen atoms in total. The van der Waals surface area contributed by atoms with Crippen LogP contribution in [0.5, 0.6) is 5.75 Å². The van der Waals surface area contributed by atoms with Gasteiger partial charge in [-0.3, -0.25) is 4.79 Å². The predicted octanol–water partition coefficient (Wildman–Crippen LogP) is 2.82. The molecule has 1 atom stereocenters. The third-order valence-corrected chi connectivity index (χ3v) is 5.74. The zero-order valence-electron chi connectivity index (χ0n) is 14.2. The Balaban J connectivity index is 1.59. The number of fused-ring (bicyclic) bond motifs is 3. The molecule has 0 aliphatic carbocycles. The number of rotatable bonds is 2. The van der Waals surface area contributed by atoms with Gasteiger partial charge >= 0.3 is 6.09 Å². The number of nitrogens with one attached hydrogen (secondary N) is 2. The summed E-state index contributed by atoms with van der Waals surface area (Å²) in [6, 6.07) is 6.73. The fraction of sp³-hybridized carbons (Fsp3) is 0.333. The average molecular weight is 373 g/mol. The van der Waals surface area contributed by atoms with E-state index in [0.717, 1.165) is 21.0 Å². The average Bonchev–Trinajstić information content (AvgIpc) is 3.00. The van der Waals surface area contributed by atoms with E-state index in [9.17, 15) is 14.7 Å². The fourth-order valence-electron chi connectivity index (χ4n) is 3.32. The van der Waals surface area contributed by atoms with E-state index < -0.39 is 0 Å². The zero-order chi connectivity index (χ0) is 18.3. The standard InChI is InChI=1S/C18H19N3O4S/c1-2-25-18(24)21-8-7-12-13(9-21)26-17-14(12)16(23)19-15(20-17)10-3-5-11(22)6-4-10/h3-6,15,20,22H,2,7-9H2,1H3,(H,19,23)/t15-/m1/s1. The fourth-order valence-corrected chi connectivity index (χ4v) is 4.61. The molecule has 0 saturated carbocycles. The molecule has 0 bridgehead atoms. The summed E-state index contributed by atoms with van der Waals surface area (Å²) in [5.41, 5.74) is 2.56. The molecule has 3 heterocycles. The van der Waals surface area contributed by atoms with Gasteiger partial charge in [-0.1, -0.05) is 12.1 Å². The smallest absolute Gasteiger partial charge is 0.410 e. The highest BCUT2D eigenvalue weighted by Gasteiger charge is 2.34. The largest absolute Gasteiger partial charge is 0.508 e. The molecule has 0 saturated heterocycles. The van der Waals surface area contributed by atoms with Gasteiger partial charge in [-0.05, 0) is 36.6 Å². The number of nitrogens with zero attached hydrogens (tertiary/aromatic N) is 1. The lowest BCUT2D eigenvalue weighted by atomic mass is 10.0. The van der Waals surface area contributed by atoms with Crippen LogP contribution in [0, 0.1) is 0 Å². The summed E-state index contributed by atoms with van der Waals surface area (Å²) < 4.78 is 5.08. The summed E-state index contributed by atoms with van der Waals surface area (Å²) in [5, 5.41) is 16.6. The molecule has 2 amide bonds. The second-order valence-electron chi connectivity index (χ2n) is 6.22. The van der Waals surface area contributed by atoms with E-state index in [2.05, 4.69) is 10.6 Å². The number of amides is 2. The summed E-state index contributed by atoms with van der Waals surface area (Å²) in [6.07, 6.45) is -0.0281.